The molecule has 0 bridgehead atoms. The van der Waals surface area contributed by atoms with E-state index in [0.717, 1.165) is 13.2 Å². The Morgan fingerprint density at radius 3 is 2.47 bits per heavy atom. The smallest absolute Gasteiger partial charge is 0.464 e. The van der Waals surface area contributed by atoms with Crippen LogP contribution in [0.2, 0.25) is 0 Å². The molecular weight excluding hydrogens is 209 g/mol. The average molecular weight is 217 g/mol. The minimum Gasteiger partial charge on any atom is -0.464 e. The highest BCUT2D eigenvalue weighted by Gasteiger charge is 2.39. The summed E-state index contributed by atoms with van der Waals surface area (Å²) in [5, 5.41) is 8.92. The summed E-state index contributed by atoms with van der Waals surface area (Å²) in [5.74, 6) is -0.688. The molecule has 1 N–H and O–H groups in total. The number of benzene rings is 1. The molecule has 5 heteroatoms. The molecule has 1 aromatic rings. The highest BCUT2D eigenvalue weighted by Crippen LogP contribution is 2.31. The molecule has 0 aliphatic heterocycles. The summed E-state index contributed by atoms with van der Waals surface area (Å²) in [6.07, 6.45) is -2.38. The maximum Gasteiger partial charge on any atom is 0.468 e. The van der Waals surface area contributed by atoms with Crippen molar-refractivity contribution in [2.45, 2.75) is 6.18 Å². The van der Waals surface area contributed by atoms with E-state index in [1.165, 1.54) is 18.2 Å². The molecule has 0 spiro atoms. The first-order chi connectivity index (χ1) is 6.95. The summed E-state index contributed by atoms with van der Waals surface area (Å²) in [7, 11) is 1.14. The van der Waals surface area contributed by atoms with Crippen molar-refractivity contribution in [3.8, 4) is 0 Å². The number of halogens is 3. The zero-order chi connectivity index (χ0) is 11.5. The highest BCUT2D eigenvalue weighted by atomic mass is 19.4. The molecule has 0 saturated heterocycles. The number of ether oxygens (including phenoxy) is 1. The van der Waals surface area contributed by atoms with Crippen LogP contribution in [0, 0.1) is 6.08 Å². The van der Waals surface area contributed by atoms with Crippen molar-refractivity contribution in [2.24, 2.45) is 0 Å². The summed E-state index contributed by atoms with van der Waals surface area (Å²) < 4.78 is 41.6. The first-order valence-electron chi connectivity index (χ1n) is 3.98. The van der Waals surface area contributed by atoms with E-state index in [1.807, 2.05) is 0 Å². The molecule has 1 aromatic carbocycles. The van der Waals surface area contributed by atoms with Gasteiger partial charge in [-0.25, -0.2) is 0 Å². The molecule has 2 nitrogen and oxygen atoms in total. The van der Waals surface area contributed by atoms with E-state index < -0.39 is 17.7 Å². The molecule has 0 aliphatic carbocycles. The van der Waals surface area contributed by atoms with Crippen LogP contribution in [0.25, 0.3) is 0 Å². The fourth-order valence-electron chi connectivity index (χ4n) is 1.01. The number of rotatable bonds is 2. The fourth-order valence-corrected chi connectivity index (χ4v) is 1.01. The maximum atomic E-state index is 12.4. The number of hydrogen-bond donors (Lipinski definition) is 1. The summed E-state index contributed by atoms with van der Waals surface area (Å²) >= 11 is 0. The third-order valence-corrected chi connectivity index (χ3v) is 1.67. The monoisotopic (exact) mass is 217 g/mol. The molecular formula is C10H8F3O2+. The SMILES string of the molecule is COC(O)=[C+]c1ccccc1C(F)(F)F. The van der Waals surface area contributed by atoms with Gasteiger partial charge in [-0.15, -0.1) is 0 Å². The third kappa shape index (κ3) is 2.86. The van der Waals surface area contributed by atoms with Crippen molar-refractivity contribution in [3.63, 3.8) is 0 Å². The van der Waals surface area contributed by atoms with E-state index in [2.05, 4.69) is 10.8 Å². The van der Waals surface area contributed by atoms with Gasteiger partial charge in [-0.2, -0.15) is 13.2 Å². The van der Waals surface area contributed by atoms with Crippen molar-refractivity contribution in [3.05, 3.63) is 47.4 Å². The predicted octanol–water partition coefficient (Wildman–Crippen LogP) is 2.90. The van der Waals surface area contributed by atoms with Crippen LogP contribution < -0.4 is 0 Å². The Morgan fingerprint density at radius 2 is 1.93 bits per heavy atom. The van der Waals surface area contributed by atoms with Crippen LogP contribution in [0.15, 0.2) is 30.2 Å². The van der Waals surface area contributed by atoms with Gasteiger partial charge in [0.2, 0.25) is 5.56 Å². The number of methoxy groups -OCH3 is 1. The quantitative estimate of drug-likeness (QED) is 0.609. The van der Waals surface area contributed by atoms with Gasteiger partial charge >= 0.3 is 12.1 Å². The van der Waals surface area contributed by atoms with E-state index in [4.69, 9.17) is 5.11 Å². The summed E-state index contributed by atoms with van der Waals surface area (Å²) in [6.45, 7) is 0. The van der Waals surface area contributed by atoms with Gasteiger partial charge in [-0.05, 0) is 12.1 Å². The number of alkyl halides is 3. The Morgan fingerprint density at radius 1 is 1.33 bits per heavy atom. The Labute approximate surface area is 84.6 Å². The minimum absolute atomic E-state index is 0.260. The van der Waals surface area contributed by atoms with Crippen molar-refractivity contribution >= 4 is 0 Å². The van der Waals surface area contributed by atoms with Crippen molar-refractivity contribution < 1.29 is 23.0 Å². The Bertz CT molecular complexity index is 369. The van der Waals surface area contributed by atoms with Gasteiger partial charge in [-0.1, -0.05) is 0 Å². The minimum atomic E-state index is -4.47. The summed E-state index contributed by atoms with van der Waals surface area (Å²) in [5.41, 5.74) is -1.13. The van der Waals surface area contributed by atoms with Crippen LogP contribution in [0.5, 0.6) is 0 Å². The van der Waals surface area contributed by atoms with E-state index >= 15 is 0 Å². The lowest BCUT2D eigenvalue weighted by molar-refractivity contribution is -0.137. The molecule has 0 atom stereocenters. The lowest BCUT2D eigenvalue weighted by atomic mass is 10.1. The number of aliphatic hydroxyl groups is 1. The van der Waals surface area contributed by atoms with Gasteiger partial charge in [0.1, 0.15) is 6.08 Å². The van der Waals surface area contributed by atoms with E-state index in [9.17, 15) is 13.2 Å². The van der Waals surface area contributed by atoms with Crippen LogP contribution in [-0.4, -0.2) is 12.2 Å². The summed E-state index contributed by atoms with van der Waals surface area (Å²) in [6, 6.07) is 4.78. The molecule has 0 unspecified atom stereocenters. The average Bonchev–Trinajstić information content (AvgIpc) is 2.17. The van der Waals surface area contributed by atoms with Gasteiger partial charge in [0.05, 0.1) is 13.2 Å². The molecule has 1 rings (SSSR count). The number of hydrogen-bond acceptors (Lipinski definition) is 2. The Hall–Kier alpha value is -1.74. The first kappa shape index (κ1) is 11.3. The lowest BCUT2D eigenvalue weighted by Crippen LogP contribution is -2.07. The first-order valence-corrected chi connectivity index (χ1v) is 3.98. The zero-order valence-corrected chi connectivity index (χ0v) is 7.80. The molecule has 0 saturated carbocycles. The van der Waals surface area contributed by atoms with Gasteiger partial charge in [0, 0.05) is 6.07 Å². The van der Waals surface area contributed by atoms with E-state index in [0.29, 0.717) is 0 Å². The molecule has 0 aromatic heterocycles. The summed E-state index contributed by atoms with van der Waals surface area (Å²) in [4.78, 5) is 0. The van der Waals surface area contributed by atoms with Crippen LogP contribution >= 0.6 is 0 Å². The molecule has 0 amide bonds. The Balaban J connectivity index is 3.19. The van der Waals surface area contributed by atoms with Crippen LogP contribution in [0.3, 0.4) is 0 Å². The molecule has 0 heterocycles. The second-order valence-corrected chi connectivity index (χ2v) is 2.68. The van der Waals surface area contributed by atoms with Gasteiger partial charge < -0.3 is 9.84 Å². The van der Waals surface area contributed by atoms with Gasteiger partial charge in [0.15, 0.2) is 5.56 Å². The number of aliphatic hydroxyl groups excluding tert-OH is 1. The highest BCUT2D eigenvalue weighted by molar-refractivity contribution is 5.34. The van der Waals surface area contributed by atoms with Crippen LogP contribution in [0.1, 0.15) is 11.1 Å². The topological polar surface area (TPSA) is 29.5 Å². The second-order valence-electron chi connectivity index (χ2n) is 2.68. The van der Waals surface area contributed by atoms with Crippen molar-refractivity contribution in [2.75, 3.05) is 7.11 Å². The standard InChI is InChI=1S/C10H7F3O2/c1-15-9(14)6-7-4-2-3-5-8(7)10(11,12)13/h2-5H,1H3/p+1. The largest absolute Gasteiger partial charge is 0.468 e. The van der Waals surface area contributed by atoms with E-state index in [-0.39, 0.29) is 5.56 Å². The zero-order valence-electron chi connectivity index (χ0n) is 7.80. The molecule has 80 valence electrons. The van der Waals surface area contributed by atoms with E-state index in [1.54, 1.807) is 0 Å². The molecule has 15 heavy (non-hydrogen) atoms. The van der Waals surface area contributed by atoms with Gasteiger partial charge in [-0.3, -0.25) is 0 Å². The third-order valence-electron chi connectivity index (χ3n) is 1.67. The molecule has 0 fully saturated rings. The van der Waals surface area contributed by atoms with Crippen molar-refractivity contribution in [1.29, 1.82) is 0 Å². The second kappa shape index (κ2) is 4.19. The maximum absolute atomic E-state index is 12.4. The van der Waals surface area contributed by atoms with Crippen LogP contribution in [-0.2, 0) is 10.9 Å². The van der Waals surface area contributed by atoms with Crippen molar-refractivity contribution in [1.82, 2.24) is 0 Å². The Kier molecular flexibility index (Phi) is 3.17. The predicted molar refractivity (Wildman–Crippen MR) is 46.9 cm³/mol. The molecule has 0 radical (unpaired) electrons. The molecule has 0 aliphatic rings. The van der Waals surface area contributed by atoms with Gasteiger partial charge in [0.25, 0.3) is 0 Å². The lowest BCUT2D eigenvalue weighted by Gasteiger charge is -2.01. The van der Waals surface area contributed by atoms with Crippen LogP contribution in [0.4, 0.5) is 13.2 Å². The normalized spacial score (nSPS) is 12.1. The fraction of sp³-hybridized carbons (Fsp3) is 0.200.